The first-order valence-corrected chi connectivity index (χ1v) is 10.9. The maximum atomic E-state index is 12.1. The van der Waals surface area contributed by atoms with Crippen LogP contribution >= 0.6 is 0 Å². The summed E-state index contributed by atoms with van der Waals surface area (Å²) >= 11 is 0. The minimum absolute atomic E-state index is 0.0476. The van der Waals surface area contributed by atoms with Crippen molar-refractivity contribution in [2.45, 2.75) is 18.9 Å². The zero-order valence-corrected chi connectivity index (χ0v) is 18.1. The monoisotopic (exact) mass is 440 g/mol. The normalized spacial score (nSPS) is 15.9. The summed E-state index contributed by atoms with van der Waals surface area (Å²) in [6.45, 7) is 4.95. The molecule has 3 heterocycles. The minimum atomic E-state index is -0.0476. The topological polar surface area (TPSA) is 96.0 Å². The van der Waals surface area contributed by atoms with Gasteiger partial charge < -0.3 is 15.0 Å². The molecule has 2 aromatic carbocycles. The first-order valence-electron chi connectivity index (χ1n) is 10.9. The Morgan fingerprint density at radius 1 is 1.15 bits per heavy atom. The van der Waals surface area contributed by atoms with Gasteiger partial charge in [-0.1, -0.05) is 36.9 Å². The molecule has 0 bridgehead atoms. The maximum Gasteiger partial charge on any atom is 0.246 e. The Morgan fingerprint density at radius 3 is 2.85 bits per heavy atom. The van der Waals surface area contributed by atoms with Gasteiger partial charge in [0.1, 0.15) is 23.6 Å². The van der Waals surface area contributed by atoms with Crippen molar-refractivity contribution < 1.29 is 9.53 Å². The molecule has 8 heteroatoms. The largest absolute Gasteiger partial charge is 0.457 e. The van der Waals surface area contributed by atoms with Crippen molar-refractivity contribution in [2.24, 2.45) is 0 Å². The number of amides is 1. The summed E-state index contributed by atoms with van der Waals surface area (Å²) in [6, 6.07) is 17.5. The van der Waals surface area contributed by atoms with Gasteiger partial charge in [0.15, 0.2) is 5.65 Å². The molecule has 5 rings (SSSR count). The fourth-order valence-corrected chi connectivity index (χ4v) is 4.13. The van der Waals surface area contributed by atoms with E-state index >= 15 is 0 Å². The van der Waals surface area contributed by atoms with Gasteiger partial charge in [-0.25, -0.2) is 9.97 Å². The molecule has 1 amide bonds. The van der Waals surface area contributed by atoms with E-state index in [9.17, 15) is 4.79 Å². The van der Waals surface area contributed by atoms with Crippen LogP contribution < -0.4 is 10.1 Å². The van der Waals surface area contributed by atoms with Crippen molar-refractivity contribution in [1.29, 1.82) is 0 Å². The smallest absolute Gasteiger partial charge is 0.246 e. The van der Waals surface area contributed by atoms with E-state index in [2.05, 4.69) is 32.1 Å². The molecule has 1 aliphatic heterocycles. The van der Waals surface area contributed by atoms with E-state index < -0.39 is 0 Å². The lowest BCUT2D eigenvalue weighted by atomic mass is 10.0. The molecular weight excluding hydrogens is 416 g/mol. The zero-order valence-electron chi connectivity index (χ0n) is 18.1. The molecule has 33 heavy (non-hydrogen) atoms. The molecule has 1 atom stereocenters. The lowest BCUT2D eigenvalue weighted by molar-refractivity contribution is -0.127. The number of nitrogens with one attached hydrogen (secondary N) is 2. The minimum Gasteiger partial charge on any atom is -0.457 e. The average molecular weight is 441 g/mol. The van der Waals surface area contributed by atoms with Gasteiger partial charge in [-0.2, -0.15) is 5.10 Å². The van der Waals surface area contributed by atoms with Crippen molar-refractivity contribution in [3.63, 3.8) is 0 Å². The van der Waals surface area contributed by atoms with Crippen LogP contribution in [0.4, 0.5) is 5.82 Å². The third-order valence-corrected chi connectivity index (χ3v) is 5.70. The predicted molar refractivity (Wildman–Crippen MR) is 127 cm³/mol. The molecule has 2 N–H and O–H groups in total. The van der Waals surface area contributed by atoms with E-state index in [1.54, 1.807) is 0 Å². The number of anilines is 1. The Kier molecular flexibility index (Phi) is 5.72. The van der Waals surface area contributed by atoms with Crippen molar-refractivity contribution in [1.82, 2.24) is 25.1 Å². The first kappa shape index (κ1) is 20.7. The molecule has 2 aromatic heterocycles. The Hall–Kier alpha value is -4.20. The number of para-hydroxylation sites is 1. The summed E-state index contributed by atoms with van der Waals surface area (Å²) in [5.41, 5.74) is 2.30. The average Bonchev–Trinajstić information content (AvgIpc) is 3.30. The van der Waals surface area contributed by atoms with E-state index in [0.29, 0.717) is 18.0 Å². The lowest BCUT2D eigenvalue weighted by Crippen LogP contribution is -2.44. The fraction of sp³-hybridized carbons (Fsp3) is 0.200. The van der Waals surface area contributed by atoms with Gasteiger partial charge in [0.25, 0.3) is 0 Å². The van der Waals surface area contributed by atoms with Crippen LogP contribution in [0.2, 0.25) is 0 Å². The molecule has 0 aliphatic carbocycles. The number of hydrogen-bond acceptors (Lipinski definition) is 6. The molecule has 1 aliphatic rings. The van der Waals surface area contributed by atoms with Gasteiger partial charge in [0.2, 0.25) is 5.91 Å². The molecule has 0 radical (unpaired) electrons. The SMILES string of the molecule is C=CC(=O)N1CCCC(Nc2ncnc3n[nH]c(-c4cccc(Oc5ccccc5)c4)c23)C1. The third kappa shape index (κ3) is 4.41. The number of aromatic nitrogens is 4. The highest BCUT2D eigenvalue weighted by Gasteiger charge is 2.24. The summed E-state index contributed by atoms with van der Waals surface area (Å²) in [7, 11) is 0. The van der Waals surface area contributed by atoms with E-state index in [-0.39, 0.29) is 11.9 Å². The lowest BCUT2D eigenvalue weighted by Gasteiger charge is -2.32. The highest BCUT2D eigenvalue weighted by Crippen LogP contribution is 2.33. The van der Waals surface area contributed by atoms with Crippen molar-refractivity contribution >= 4 is 22.8 Å². The molecule has 166 valence electrons. The number of H-pyrrole nitrogens is 1. The van der Waals surface area contributed by atoms with Crippen molar-refractivity contribution in [3.8, 4) is 22.8 Å². The molecule has 1 saturated heterocycles. The summed E-state index contributed by atoms with van der Waals surface area (Å²) in [4.78, 5) is 22.7. The van der Waals surface area contributed by atoms with Gasteiger partial charge in [-0.05, 0) is 43.2 Å². The van der Waals surface area contributed by atoms with Gasteiger partial charge >= 0.3 is 0 Å². The number of aromatic amines is 1. The number of likely N-dealkylation sites (tertiary alicyclic amines) is 1. The summed E-state index contributed by atoms with van der Waals surface area (Å²) in [6.07, 6.45) is 4.73. The van der Waals surface area contributed by atoms with Crippen LogP contribution in [-0.2, 0) is 4.79 Å². The number of ether oxygens (including phenoxy) is 1. The summed E-state index contributed by atoms with van der Waals surface area (Å²) in [5, 5.41) is 11.8. The van der Waals surface area contributed by atoms with E-state index in [1.165, 1.54) is 12.4 Å². The second-order valence-electron chi connectivity index (χ2n) is 7.93. The van der Waals surface area contributed by atoms with E-state index in [4.69, 9.17) is 4.74 Å². The third-order valence-electron chi connectivity index (χ3n) is 5.70. The standard InChI is InChI=1S/C25H24N6O2/c1-2-21(32)31-13-7-9-18(15-31)28-24-22-23(29-30-25(22)27-16-26-24)17-8-6-12-20(14-17)33-19-10-4-3-5-11-19/h2-6,8,10-12,14,16,18H,1,7,9,13,15H2,(H2,26,27,28,29,30). The van der Waals surface area contributed by atoms with Crippen LogP contribution in [0.25, 0.3) is 22.3 Å². The number of carbonyl (C=O) groups excluding carboxylic acids is 1. The first-order chi connectivity index (χ1) is 16.2. The number of nitrogens with zero attached hydrogens (tertiary/aromatic N) is 4. The Labute approximate surface area is 191 Å². The number of fused-ring (bicyclic) bond motifs is 1. The van der Waals surface area contributed by atoms with Gasteiger partial charge in [-0.15, -0.1) is 0 Å². The molecule has 1 unspecified atom stereocenters. The van der Waals surface area contributed by atoms with Crippen LogP contribution in [0.3, 0.4) is 0 Å². The second kappa shape index (κ2) is 9.12. The highest BCUT2D eigenvalue weighted by molar-refractivity contribution is 5.98. The molecule has 0 saturated carbocycles. The zero-order chi connectivity index (χ0) is 22.6. The van der Waals surface area contributed by atoms with Crippen LogP contribution in [0.15, 0.2) is 73.6 Å². The highest BCUT2D eigenvalue weighted by atomic mass is 16.5. The summed E-state index contributed by atoms with van der Waals surface area (Å²) < 4.78 is 6.00. The molecule has 1 fully saturated rings. The maximum absolute atomic E-state index is 12.1. The number of benzene rings is 2. The van der Waals surface area contributed by atoms with Gasteiger partial charge in [0.05, 0.1) is 11.1 Å². The quantitative estimate of drug-likeness (QED) is 0.432. The van der Waals surface area contributed by atoms with E-state index in [0.717, 1.165) is 47.5 Å². The van der Waals surface area contributed by atoms with Gasteiger partial charge in [-0.3, -0.25) is 9.89 Å². The van der Waals surface area contributed by atoms with Gasteiger partial charge in [0, 0.05) is 24.7 Å². The fourth-order valence-electron chi connectivity index (χ4n) is 4.13. The Bertz CT molecular complexity index is 1290. The molecule has 0 spiro atoms. The number of rotatable bonds is 6. The van der Waals surface area contributed by atoms with Crippen LogP contribution in [0.5, 0.6) is 11.5 Å². The van der Waals surface area contributed by atoms with Crippen LogP contribution in [-0.4, -0.2) is 50.1 Å². The van der Waals surface area contributed by atoms with E-state index in [1.807, 2.05) is 59.5 Å². The summed E-state index contributed by atoms with van der Waals surface area (Å²) in [5.74, 6) is 2.13. The second-order valence-corrected chi connectivity index (χ2v) is 7.93. The number of hydrogen-bond donors (Lipinski definition) is 2. The number of piperidine rings is 1. The van der Waals surface area contributed by atoms with Crippen LogP contribution in [0, 0.1) is 0 Å². The molecular formula is C25H24N6O2. The Morgan fingerprint density at radius 2 is 2.00 bits per heavy atom. The van der Waals surface area contributed by atoms with Crippen molar-refractivity contribution in [3.05, 3.63) is 73.6 Å². The molecule has 4 aromatic rings. The van der Waals surface area contributed by atoms with Crippen LogP contribution in [0.1, 0.15) is 12.8 Å². The van der Waals surface area contributed by atoms with Crippen molar-refractivity contribution in [2.75, 3.05) is 18.4 Å². The number of carbonyl (C=O) groups is 1. The Balaban J connectivity index is 1.44. The molecule has 8 nitrogen and oxygen atoms in total. The predicted octanol–water partition coefficient (Wildman–Crippen LogP) is 4.40.